The van der Waals surface area contributed by atoms with Crippen LogP contribution < -0.4 is 4.74 Å². The maximum atomic E-state index is 13.2. The highest BCUT2D eigenvalue weighted by Crippen LogP contribution is 2.35. The summed E-state index contributed by atoms with van der Waals surface area (Å²) in [7, 11) is 0. The predicted molar refractivity (Wildman–Crippen MR) is 72.2 cm³/mol. The van der Waals surface area contributed by atoms with Gasteiger partial charge in [-0.2, -0.15) is 18.4 Å². The fraction of sp³-hybridized carbons (Fsp3) is 0.133. The molecule has 0 radical (unpaired) electrons. The van der Waals surface area contributed by atoms with Gasteiger partial charge in [0.05, 0.1) is 11.1 Å². The Morgan fingerprint density at radius 2 is 1.86 bits per heavy atom. The third kappa shape index (κ3) is 3.49. The molecule has 22 heavy (non-hydrogen) atoms. The smallest absolute Gasteiger partial charge is 0.419 e. The van der Waals surface area contributed by atoms with Gasteiger partial charge in [0.25, 0.3) is 0 Å². The summed E-state index contributed by atoms with van der Waals surface area (Å²) in [5, 5.41) is 9.03. The lowest BCUT2D eigenvalue weighted by Gasteiger charge is -2.12. The van der Waals surface area contributed by atoms with Crippen molar-refractivity contribution >= 4 is 11.6 Å². The average Bonchev–Trinajstić information content (AvgIpc) is 2.48. The molecule has 2 aromatic carbocycles. The molecular weight excluding hydrogens is 322 g/mol. The molecule has 2 aromatic rings. The van der Waals surface area contributed by atoms with E-state index >= 15 is 0 Å². The van der Waals surface area contributed by atoms with Crippen molar-refractivity contribution in [2.24, 2.45) is 0 Å². The Morgan fingerprint density at radius 3 is 2.45 bits per heavy atom. The van der Waals surface area contributed by atoms with Gasteiger partial charge in [0.2, 0.25) is 0 Å². The summed E-state index contributed by atoms with van der Waals surface area (Å²) in [6.45, 7) is 0. The maximum Gasteiger partial charge on any atom is 0.419 e. The first-order valence-electron chi connectivity index (χ1n) is 5.98. The second-order valence-corrected chi connectivity index (χ2v) is 4.58. The average molecular weight is 330 g/mol. The van der Waals surface area contributed by atoms with Crippen LogP contribution >= 0.6 is 11.6 Å². The lowest BCUT2D eigenvalue weighted by atomic mass is 10.1. The van der Waals surface area contributed by atoms with Gasteiger partial charge in [-0.3, -0.25) is 0 Å². The van der Waals surface area contributed by atoms with Crippen molar-refractivity contribution in [3.8, 4) is 17.6 Å². The fourth-order valence-electron chi connectivity index (χ4n) is 1.75. The van der Waals surface area contributed by atoms with E-state index in [1.54, 1.807) is 6.07 Å². The monoisotopic (exact) mass is 329 g/mol. The SMILES string of the molecule is N#Cc1cc(CCl)ccc1Oc1ccc(F)c(C(F)(F)F)c1. The highest BCUT2D eigenvalue weighted by atomic mass is 35.5. The van der Waals surface area contributed by atoms with Crippen LogP contribution in [0.3, 0.4) is 0 Å². The summed E-state index contributed by atoms with van der Waals surface area (Å²) < 4.78 is 56.4. The Balaban J connectivity index is 2.38. The van der Waals surface area contributed by atoms with Crippen molar-refractivity contribution in [2.45, 2.75) is 12.1 Å². The van der Waals surface area contributed by atoms with E-state index in [4.69, 9.17) is 21.6 Å². The van der Waals surface area contributed by atoms with Gasteiger partial charge in [0, 0.05) is 5.88 Å². The summed E-state index contributed by atoms with van der Waals surface area (Å²) in [5.41, 5.74) is -0.641. The van der Waals surface area contributed by atoms with E-state index in [-0.39, 0.29) is 22.9 Å². The van der Waals surface area contributed by atoms with Gasteiger partial charge >= 0.3 is 6.18 Å². The summed E-state index contributed by atoms with van der Waals surface area (Å²) in [4.78, 5) is 0. The van der Waals surface area contributed by atoms with E-state index in [2.05, 4.69) is 0 Å². The number of hydrogen-bond acceptors (Lipinski definition) is 2. The van der Waals surface area contributed by atoms with Crippen LogP contribution in [-0.4, -0.2) is 0 Å². The van der Waals surface area contributed by atoms with Crippen molar-refractivity contribution in [3.63, 3.8) is 0 Å². The molecule has 0 aliphatic carbocycles. The molecule has 2 nitrogen and oxygen atoms in total. The summed E-state index contributed by atoms with van der Waals surface area (Å²) in [5.74, 6) is -1.36. The van der Waals surface area contributed by atoms with Gasteiger partial charge in [-0.05, 0) is 35.9 Å². The molecule has 0 amide bonds. The molecule has 0 saturated heterocycles. The van der Waals surface area contributed by atoms with E-state index in [9.17, 15) is 17.6 Å². The van der Waals surface area contributed by atoms with Crippen LogP contribution in [0.2, 0.25) is 0 Å². The molecule has 114 valence electrons. The van der Waals surface area contributed by atoms with Crippen LogP contribution in [0.15, 0.2) is 36.4 Å². The largest absolute Gasteiger partial charge is 0.456 e. The first-order chi connectivity index (χ1) is 10.3. The topological polar surface area (TPSA) is 33.0 Å². The van der Waals surface area contributed by atoms with Crippen LogP contribution in [0.5, 0.6) is 11.5 Å². The molecule has 0 spiro atoms. The molecule has 0 heterocycles. The second-order valence-electron chi connectivity index (χ2n) is 4.32. The Labute approximate surface area is 128 Å². The molecule has 7 heteroatoms. The highest BCUT2D eigenvalue weighted by Gasteiger charge is 2.34. The van der Waals surface area contributed by atoms with E-state index in [0.29, 0.717) is 17.7 Å². The quantitative estimate of drug-likeness (QED) is 0.569. The molecule has 0 aliphatic rings. The van der Waals surface area contributed by atoms with E-state index in [0.717, 1.165) is 6.07 Å². The minimum atomic E-state index is -4.83. The highest BCUT2D eigenvalue weighted by molar-refractivity contribution is 6.17. The van der Waals surface area contributed by atoms with Crippen molar-refractivity contribution in [1.82, 2.24) is 0 Å². The van der Waals surface area contributed by atoms with Gasteiger partial charge in [0.15, 0.2) is 0 Å². The summed E-state index contributed by atoms with van der Waals surface area (Å²) in [6.07, 6.45) is -4.83. The molecular formula is C15H8ClF4NO. The van der Waals surface area contributed by atoms with Gasteiger partial charge in [-0.1, -0.05) is 6.07 Å². The van der Waals surface area contributed by atoms with Gasteiger partial charge < -0.3 is 4.74 Å². The number of benzene rings is 2. The Bertz CT molecular complexity index is 737. The number of hydrogen-bond donors (Lipinski definition) is 0. The number of halogens is 5. The van der Waals surface area contributed by atoms with Crippen molar-refractivity contribution in [1.29, 1.82) is 5.26 Å². The van der Waals surface area contributed by atoms with Crippen LogP contribution in [0.25, 0.3) is 0 Å². The summed E-state index contributed by atoms with van der Waals surface area (Å²) in [6, 6.07) is 8.61. The first-order valence-corrected chi connectivity index (χ1v) is 6.52. The molecule has 0 bridgehead atoms. The first kappa shape index (κ1) is 16.1. The van der Waals surface area contributed by atoms with E-state index in [1.165, 1.54) is 12.1 Å². The van der Waals surface area contributed by atoms with Crippen molar-refractivity contribution < 1.29 is 22.3 Å². The Kier molecular flexibility index (Phi) is 4.57. The normalized spacial score (nSPS) is 11.1. The zero-order valence-electron chi connectivity index (χ0n) is 10.9. The fourth-order valence-corrected chi connectivity index (χ4v) is 1.91. The Hall–Kier alpha value is -2.26. The second kappa shape index (κ2) is 6.24. The zero-order chi connectivity index (χ0) is 16.3. The minimum Gasteiger partial charge on any atom is -0.456 e. The number of nitriles is 1. The molecule has 0 unspecified atom stereocenters. The zero-order valence-corrected chi connectivity index (χ0v) is 11.7. The minimum absolute atomic E-state index is 0.0658. The number of nitrogens with zero attached hydrogens (tertiary/aromatic N) is 1. The number of ether oxygens (including phenoxy) is 1. The summed E-state index contributed by atoms with van der Waals surface area (Å²) >= 11 is 5.64. The molecule has 0 atom stereocenters. The van der Waals surface area contributed by atoms with E-state index in [1.807, 2.05) is 6.07 Å². The van der Waals surface area contributed by atoms with Gasteiger partial charge in [0.1, 0.15) is 23.4 Å². The van der Waals surface area contributed by atoms with Crippen molar-refractivity contribution in [2.75, 3.05) is 0 Å². The molecule has 0 aromatic heterocycles. The standard InChI is InChI=1S/C15H8ClF4NO/c16-7-9-1-4-14(10(5-9)8-21)22-11-2-3-13(17)12(6-11)15(18,19)20/h1-6H,7H2. The lowest BCUT2D eigenvalue weighted by molar-refractivity contribution is -0.140. The maximum absolute atomic E-state index is 13.2. The molecule has 0 fully saturated rings. The predicted octanol–water partition coefficient (Wildman–Crippen LogP) is 5.25. The van der Waals surface area contributed by atoms with Gasteiger partial charge in [-0.25, -0.2) is 4.39 Å². The third-order valence-electron chi connectivity index (χ3n) is 2.79. The molecule has 0 saturated carbocycles. The number of rotatable bonds is 3. The number of alkyl halides is 4. The third-order valence-corrected chi connectivity index (χ3v) is 3.10. The van der Waals surface area contributed by atoms with Crippen LogP contribution in [0.1, 0.15) is 16.7 Å². The van der Waals surface area contributed by atoms with E-state index < -0.39 is 17.6 Å². The lowest BCUT2D eigenvalue weighted by Crippen LogP contribution is -2.08. The molecule has 0 N–H and O–H groups in total. The molecule has 0 aliphatic heterocycles. The van der Waals surface area contributed by atoms with Crippen LogP contribution in [-0.2, 0) is 12.1 Å². The van der Waals surface area contributed by atoms with Crippen LogP contribution in [0, 0.1) is 17.1 Å². The molecule has 2 rings (SSSR count). The van der Waals surface area contributed by atoms with Gasteiger partial charge in [-0.15, -0.1) is 11.6 Å². The van der Waals surface area contributed by atoms with Crippen molar-refractivity contribution in [3.05, 3.63) is 58.9 Å². The van der Waals surface area contributed by atoms with Crippen LogP contribution in [0.4, 0.5) is 17.6 Å². The Morgan fingerprint density at radius 1 is 1.14 bits per heavy atom.